The van der Waals surface area contributed by atoms with Gasteiger partial charge in [-0.05, 0) is 30.2 Å². The van der Waals surface area contributed by atoms with Gasteiger partial charge in [-0.25, -0.2) is 13.4 Å². The molecule has 0 aliphatic carbocycles. The Bertz CT molecular complexity index is 1390. The second-order valence-corrected chi connectivity index (χ2v) is 10.6. The van der Waals surface area contributed by atoms with Crippen molar-refractivity contribution in [3.63, 3.8) is 0 Å². The Morgan fingerprint density at radius 2 is 1.86 bits per heavy atom. The van der Waals surface area contributed by atoms with Gasteiger partial charge in [-0.3, -0.25) is 20.2 Å². The smallest absolute Gasteiger partial charge is 0.296 e. The third-order valence-electron chi connectivity index (χ3n) is 5.65. The van der Waals surface area contributed by atoms with Crippen LogP contribution < -0.4 is 9.64 Å². The fourth-order valence-electron chi connectivity index (χ4n) is 3.85. The highest BCUT2D eigenvalue weighted by atomic mass is 32.2. The van der Waals surface area contributed by atoms with Gasteiger partial charge in [0.05, 0.1) is 23.0 Å². The summed E-state index contributed by atoms with van der Waals surface area (Å²) in [6, 6.07) is 10.1. The van der Waals surface area contributed by atoms with Crippen LogP contribution in [0, 0.1) is 20.2 Å². The quantitative estimate of drug-likeness (QED) is 0.310. The molecule has 0 atom stereocenters. The first-order valence-electron chi connectivity index (χ1n) is 10.8. The van der Waals surface area contributed by atoms with Gasteiger partial charge >= 0.3 is 0 Å². The molecule has 36 heavy (non-hydrogen) atoms. The first kappa shape index (κ1) is 25.4. The molecule has 0 bridgehead atoms. The van der Waals surface area contributed by atoms with Crippen LogP contribution in [-0.4, -0.2) is 65.2 Å². The second-order valence-electron chi connectivity index (χ2n) is 7.93. The molecule has 0 saturated carbocycles. The molecular formula is C21H22N6O7S2. The van der Waals surface area contributed by atoms with Gasteiger partial charge in [0.15, 0.2) is 4.90 Å². The number of nitro groups is 2. The Hall–Kier alpha value is -3.69. The number of anilines is 1. The Morgan fingerprint density at radius 3 is 2.58 bits per heavy atom. The predicted octanol–water partition coefficient (Wildman–Crippen LogP) is 2.85. The van der Waals surface area contributed by atoms with Crippen molar-refractivity contribution in [3.8, 4) is 5.75 Å². The molecule has 2 aromatic carbocycles. The molecule has 0 amide bonds. The lowest BCUT2D eigenvalue weighted by Crippen LogP contribution is -2.35. The Labute approximate surface area is 210 Å². The largest absolute Gasteiger partial charge is 0.497 e. The summed E-state index contributed by atoms with van der Waals surface area (Å²) < 4.78 is 37.3. The summed E-state index contributed by atoms with van der Waals surface area (Å²) in [4.78, 5) is 26.7. The van der Waals surface area contributed by atoms with E-state index in [-0.39, 0.29) is 13.1 Å². The van der Waals surface area contributed by atoms with Crippen LogP contribution in [-0.2, 0) is 16.4 Å². The maximum atomic E-state index is 13.2. The van der Waals surface area contributed by atoms with Crippen molar-refractivity contribution in [1.29, 1.82) is 0 Å². The van der Waals surface area contributed by atoms with E-state index >= 15 is 0 Å². The van der Waals surface area contributed by atoms with E-state index in [9.17, 15) is 28.6 Å². The summed E-state index contributed by atoms with van der Waals surface area (Å²) >= 11 is 1.22. The number of ether oxygens (including phenoxy) is 1. The molecule has 15 heteroatoms. The normalized spacial score (nSPS) is 14.9. The van der Waals surface area contributed by atoms with E-state index in [0.29, 0.717) is 43.0 Å². The first-order chi connectivity index (χ1) is 17.2. The molecule has 0 spiro atoms. The zero-order chi connectivity index (χ0) is 25.9. The van der Waals surface area contributed by atoms with Gasteiger partial charge < -0.3 is 9.64 Å². The summed E-state index contributed by atoms with van der Waals surface area (Å²) in [7, 11) is -2.66. The van der Waals surface area contributed by atoms with Crippen molar-refractivity contribution in [3.05, 3.63) is 74.1 Å². The Balaban J connectivity index is 1.49. The Morgan fingerprint density at radius 1 is 1.06 bits per heavy atom. The molecule has 0 radical (unpaired) electrons. The van der Waals surface area contributed by atoms with Gasteiger partial charge in [-0.1, -0.05) is 12.1 Å². The molecule has 4 rings (SSSR count). The highest BCUT2D eigenvalue weighted by molar-refractivity contribution is 7.89. The van der Waals surface area contributed by atoms with Crippen LogP contribution >= 0.6 is 11.5 Å². The summed E-state index contributed by atoms with van der Waals surface area (Å²) in [6.07, 6.45) is 0.983. The lowest BCUT2D eigenvalue weighted by Gasteiger charge is -2.21. The number of hydrogen-bond donors (Lipinski definition) is 0. The van der Waals surface area contributed by atoms with Crippen LogP contribution in [0.1, 0.15) is 17.8 Å². The number of aromatic nitrogens is 2. The summed E-state index contributed by atoms with van der Waals surface area (Å²) in [5, 5.41) is 23.1. The van der Waals surface area contributed by atoms with E-state index in [2.05, 4.69) is 9.36 Å². The predicted molar refractivity (Wildman–Crippen MR) is 131 cm³/mol. The van der Waals surface area contributed by atoms with E-state index in [1.165, 1.54) is 15.8 Å². The molecule has 190 valence electrons. The van der Waals surface area contributed by atoms with Crippen molar-refractivity contribution in [1.82, 2.24) is 13.7 Å². The molecule has 1 aromatic heterocycles. The van der Waals surface area contributed by atoms with E-state index in [0.717, 1.165) is 23.4 Å². The molecule has 0 N–H and O–H groups in total. The highest BCUT2D eigenvalue weighted by Crippen LogP contribution is 2.31. The third-order valence-corrected chi connectivity index (χ3v) is 8.41. The van der Waals surface area contributed by atoms with Crippen molar-refractivity contribution in [2.75, 3.05) is 38.2 Å². The van der Waals surface area contributed by atoms with Crippen molar-refractivity contribution in [2.24, 2.45) is 0 Å². The Kier molecular flexibility index (Phi) is 7.42. The minimum Gasteiger partial charge on any atom is -0.497 e. The highest BCUT2D eigenvalue weighted by Gasteiger charge is 2.34. The number of nitrogens with zero attached hydrogens (tertiary/aromatic N) is 6. The van der Waals surface area contributed by atoms with E-state index in [4.69, 9.17) is 4.74 Å². The SMILES string of the molecule is COc1cccc(Cc2nsc(N3CCCN(S(=O)(=O)c4ccc([N+](=O)[O-])cc4[N+](=O)[O-])CC3)n2)c1. The molecule has 0 unspecified atom stereocenters. The lowest BCUT2D eigenvalue weighted by molar-refractivity contribution is -0.396. The average Bonchev–Trinajstić information content (AvgIpc) is 3.17. The summed E-state index contributed by atoms with van der Waals surface area (Å²) in [5.74, 6) is 1.38. The number of nitro benzene ring substituents is 2. The molecule has 13 nitrogen and oxygen atoms in total. The van der Waals surface area contributed by atoms with Crippen LogP contribution in [0.25, 0.3) is 0 Å². The molecule has 1 aliphatic rings. The van der Waals surface area contributed by atoms with Crippen LogP contribution in [0.5, 0.6) is 5.75 Å². The van der Waals surface area contributed by atoms with E-state index in [1.807, 2.05) is 29.2 Å². The summed E-state index contributed by atoms with van der Waals surface area (Å²) in [5.41, 5.74) is -0.378. The molecule has 1 aliphatic heterocycles. The first-order valence-corrected chi connectivity index (χ1v) is 13.0. The number of methoxy groups -OCH3 is 1. The minimum atomic E-state index is -4.25. The number of rotatable bonds is 8. The maximum absolute atomic E-state index is 13.2. The lowest BCUT2D eigenvalue weighted by atomic mass is 10.1. The van der Waals surface area contributed by atoms with Gasteiger partial charge in [0.25, 0.3) is 11.4 Å². The fraction of sp³-hybridized carbons (Fsp3) is 0.333. The maximum Gasteiger partial charge on any atom is 0.296 e. The standard InChI is InChI=1S/C21H22N6O7S2/c1-34-17-5-2-4-15(12-17)13-20-22-21(35-23-20)24-8-3-9-25(11-10-24)36(32,33)19-7-6-16(26(28)29)14-18(19)27(30)31/h2,4-7,12,14H,3,8-11,13H2,1H3. The monoisotopic (exact) mass is 534 g/mol. The molecule has 1 saturated heterocycles. The van der Waals surface area contributed by atoms with Crippen molar-refractivity contribution >= 4 is 38.1 Å². The number of non-ortho nitro benzene ring substituents is 1. The van der Waals surface area contributed by atoms with Gasteiger partial charge in [0.1, 0.15) is 11.6 Å². The summed E-state index contributed by atoms with van der Waals surface area (Å²) in [6.45, 7) is 1.06. The minimum absolute atomic E-state index is 0.0707. The topological polar surface area (TPSA) is 162 Å². The van der Waals surface area contributed by atoms with Crippen LogP contribution in [0.4, 0.5) is 16.5 Å². The van der Waals surface area contributed by atoms with Gasteiger partial charge in [0.2, 0.25) is 15.2 Å². The van der Waals surface area contributed by atoms with Crippen molar-refractivity contribution < 1.29 is 23.0 Å². The van der Waals surface area contributed by atoms with Gasteiger partial charge in [-0.15, -0.1) is 0 Å². The fourth-order valence-corrected chi connectivity index (χ4v) is 6.20. The van der Waals surface area contributed by atoms with Gasteiger partial charge in [0, 0.05) is 50.2 Å². The van der Waals surface area contributed by atoms with E-state index in [1.54, 1.807) is 7.11 Å². The van der Waals surface area contributed by atoms with Gasteiger partial charge in [-0.2, -0.15) is 8.68 Å². The zero-order valence-electron chi connectivity index (χ0n) is 19.1. The third kappa shape index (κ3) is 5.42. The van der Waals surface area contributed by atoms with Crippen molar-refractivity contribution in [2.45, 2.75) is 17.7 Å². The zero-order valence-corrected chi connectivity index (χ0v) is 20.8. The molecule has 3 aromatic rings. The number of benzene rings is 2. The average molecular weight is 535 g/mol. The second kappa shape index (κ2) is 10.5. The molecule has 2 heterocycles. The number of sulfonamides is 1. The van der Waals surface area contributed by atoms with E-state index < -0.39 is 36.1 Å². The molecule has 1 fully saturated rings. The molecular weight excluding hydrogens is 512 g/mol. The van der Waals surface area contributed by atoms with Crippen LogP contribution in [0.15, 0.2) is 47.4 Å². The van der Waals surface area contributed by atoms with Crippen LogP contribution in [0.2, 0.25) is 0 Å². The van der Waals surface area contributed by atoms with Crippen LogP contribution in [0.3, 0.4) is 0 Å². The number of hydrogen-bond acceptors (Lipinski definition) is 11.